The van der Waals surface area contributed by atoms with E-state index in [-0.39, 0.29) is 17.7 Å². The van der Waals surface area contributed by atoms with Crippen molar-refractivity contribution in [2.24, 2.45) is 16.8 Å². The van der Waals surface area contributed by atoms with Crippen LogP contribution in [0.4, 0.5) is 0 Å². The highest BCUT2D eigenvalue weighted by molar-refractivity contribution is 7.91. The standard InChI is InChI=1S/C18H33N3O4S/c1-14(2)20-17(19-11-15-6-10-26(22,23)13-15)21-7-4-5-16(12-21)18(3)24-8-9-25-18/h14-16H,4-13H2,1-3H3,(H,19,20). The molecule has 2 unspecified atom stereocenters. The van der Waals surface area contributed by atoms with Crippen LogP contribution in [0, 0.1) is 11.8 Å². The van der Waals surface area contributed by atoms with Crippen molar-refractivity contribution in [2.75, 3.05) is 44.4 Å². The lowest BCUT2D eigenvalue weighted by Crippen LogP contribution is -2.53. The van der Waals surface area contributed by atoms with E-state index in [2.05, 4.69) is 24.1 Å². The second-order valence-corrected chi connectivity index (χ2v) is 10.5. The molecule has 0 radical (unpaired) electrons. The van der Waals surface area contributed by atoms with Gasteiger partial charge in [-0.1, -0.05) is 0 Å². The summed E-state index contributed by atoms with van der Waals surface area (Å²) in [5, 5.41) is 3.46. The topological polar surface area (TPSA) is 80.2 Å². The maximum absolute atomic E-state index is 11.7. The van der Waals surface area contributed by atoms with Crippen LogP contribution >= 0.6 is 0 Å². The maximum atomic E-state index is 11.7. The first-order valence-electron chi connectivity index (χ1n) is 9.82. The van der Waals surface area contributed by atoms with Crippen molar-refractivity contribution >= 4 is 15.8 Å². The summed E-state index contributed by atoms with van der Waals surface area (Å²) in [7, 11) is -2.86. The molecule has 0 spiro atoms. The van der Waals surface area contributed by atoms with Crippen LogP contribution in [0.15, 0.2) is 4.99 Å². The molecule has 0 aromatic rings. The zero-order valence-corrected chi connectivity index (χ0v) is 17.1. The number of sulfone groups is 1. The molecule has 1 N–H and O–H groups in total. The number of likely N-dealkylation sites (tertiary alicyclic amines) is 1. The van der Waals surface area contributed by atoms with Crippen molar-refractivity contribution in [1.29, 1.82) is 0 Å². The highest BCUT2D eigenvalue weighted by atomic mass is 32.2. The zero-order chi connectivity index (χ0) is 18.8. The minimum absolute atomic E-state index is 0.142. The molecule has 3 heterocycles. The summed E-state index contributed by atoms with van der Waals surface area (Å²) in [5.74, 6) is 1.41. The lowest BCUT2D eigenvalue weighted by atomic mass is 9.90. The molecule has 3 rings (SSSR count). The van der Waals surface area contributed by atoms with E-state index in [9.17, 15) is 8.42 Å². The molecule has 26 heavy (non-hydrogen) atoms. The molecule has 0 aromatic carbocycles. The van der Waals surface area contributed by atoms with Crippen molar-refractivity contribution in [2.45, 2.75) is 51.9 Å². The van der Waals surface area contributed by atoms with Gasteiger partial charge in [0.2, 0.25) is 0 Å². The van der Waals surface area contributed by atoms with Gasteiger partial charge in [0.05, 0.1) is 24.7 Å². The van der Waals surface area contributed by atoms with Gasteiger partial charge in [0.1, 0.15) is 0 Å². The van der Waals surface area contributed by atoms with Crippen LogP contribution in [-0.2, 0) is 19.3 Å². The van der Waals surface area contributed by atoms with Gasteiger partial charge < -0.3 is 19.7 Å². The van der Waals surface area contributed by atoms with Crippen LogP contribution < -0.4 is 5.32 Å². The van der Waals surface area contributed by atoms with Crippen molar-refractivity contribution in [3.8, 4) is 0 Å². The van der Waals surface area contributed by atoms with Crippen LogP contribution in [0.3, 0.4) is 0 Å². The number of rotatable bonds is 4. The van der Waals surface area contributed by atoms with Crippen LogP contribution in [0.25, 0.3) is 0 Å². The number of guanidine groups is 1. The Morgan fingerprint density at radius 3 is 2.65 bits per heavy atom. The predicted octanol–water partition coefficient (Wildman–Crippen LogP) is 1.25. The molecule has 3 aliphatic heterocycles. The Morgan fingerprint density at radius 2 is 2.04 bits per heavy atom. The zero-order valence-electron chi connectivity index (χ0n) is 16.2. The van der Waals surface area contributed by atoms with E-state index in [0.717, 1.165) is 38.3 Å². The third kappa shape index (κ3) is 4.89. The van der Waals surface area contributed by atoms with Crippen molar-refractivity contribution in [1.82, 2.24) is 10.2 Å². The number of ether oxygens (including phenoxy) is 2. The summed E-state index contributed by atoms with van der Waals surface area (Å²) >= 11 is 0. The Bertz CT molecular complexity index is 614. The van der Waals surface area contributed by atoms with Crippen LogP contribution in [0.5, 0.6) is 0 Å². The predicted molar refractivity (Wildman–Crippen MR) is 102 cm³/mol. The lowest BCUT2D eigenvalue weighted by molar-refractivity contribution is -0.189. The molecular formula is C18H33N3O4S. The molecule has 3 fully saturated rings. The summed E-state index contributed by atoms with van der Waals surface area (Å²) in [4.78, 5) is 7.09. The van der Waals surface area contributed by atoms with E-state index in [4.69, 9.17) is 14.5 Å². The Balaban J connectivity index is 1.67. The lowest BCUT2D eigenvalue weighted by Gasteiger charge is -2.41. The third-order valence-electron chi connectivity index (χ3n) is 5.57. The average Bonchev–Trinajstić information content (AvgIpc) is 3.17. The normalized spacial score (nSPS) is 31.5. The molecule has 3 saturated heterocycles. The van der Waals surface area contributed by atoms with Crippen molar-refractivity contribution in [3.05, 3.63) is 0 Å². The van der Waals surface area contributed by atoms with E-state index in [1.54, 1.807) is 0 Å². The fraction of sp³-hybridized carbons (Fsp3) is 0.944. The molecule has 7 nitrogen and oxygen atoms in total. The average molecular weight is 388 g/mol. The largest absolute Gasteiger partial charge is 0.354 e. The molecule has 0 aliphatic carbocycles. The third-order valence-corrected chi connectivity index (χ3v) is 7.40. The fourth-order valence-electron chi connectivity index (χ4n) is 4.09. The molecule has 3 aliphatic rings. The van der Waals surface area contributed by atoms with Gasteiger partial charge in [-0.05, 0) is 46.0 Å². The molecule has 0 amide bonds. The second kappa shape index (κ2) is 8.02. The first-order valence-corrected chi connectivity index (χ1v) is 11.6. The Morgan fingerprint density at radius 1 is 1.31 bits per heavy atom. The molecule has 0 aromatic heterocycles. The van der Waals surface area contributed by atoms with E-state index in [1.165, 1.54) is 0 Å². The van der Waals surface area contributed by atoms with Gasteiger partial charge in [-0.15, -0.1) is 0 Å². The molecule has 2 atom stereocenters. The van der Waals surface area contributed by atoms with Gasteiger partial charge >= 0.3 is 0 Å². The smallest absolute Gasteiger partial charge is 0.194 e. The van der Waals surface area contributed by atoms with Gasteiger partial charge in [0.15, 0.2) is 21.6 Å². The van der Waals surface area contributed by atoms with Gasteiger partial charge in [0.25, 0.3) is 0 Å². The molecule has 0 saturated carbocycles. The highest BCUT2D eigenvalue weighted by Gasteiger charge is 2.42. The maximum Gasteiger partial charge on any atom is 0.194 e. The van der Waals surface area contributed by atoms with Crippen LogP contribution in [-0.4, -0.2) is 75.5 Å². The molecule has 8 heteroatoms. The quantitative estimate of drug-likeness (QED) is 0.578. The number of piperidine rings is 1. The number of hydrogen-bond donors (Lipinski definition) is 1. The number of aliphatic imine (C=N–C) groups is 1. The van der Waals surface area contributed by atoms with Gasteiger partial charge in [-0.3, -0.25) is 4.99 Å². The van der Waals surface area contributed by atoms with Crippen molar-refractivity contribution in [3.63, 3.8) is 0 Å². The summed E-state index contributed by atoms with van der Waals surface area (Å²) in [6.07, 6.45) is 2.88. The van der Waals surface area contributed by atoms with E-state index >= 15 is 0 Å². The van der Waals surface area contributed by atoms with E-state index in [0.29, 0.717) is 31.4 Å². The minimum Gasteiger partial charge on any atom is -0.354 e. The Kier molecular flexibility index (Phi) is 6.14. The van der Waals surface area contributed by atoms with Crippen LogP contribution in [0.2, 0.25) is 0 Å². The summed E-state index contributed by atoms with van der Waals surface area (Å²) in [6.45, 7) is 9.93. The fourth-order valence-corrected chi connectivity index (χ4v) is 5.94. The number of nitrogens with one attached hydrogen (secondary N) is 1. The first-order chi connectivity index (χ1) is 12.3. The number of nitrogens with zero attached hydrogens (tertiary/aromatic N) is 2. The minimum atomic E-state index is -2.86. The Labute approximate surface area is 157 Å². The second-order valence-electron chi connectivity index (χ2n) is 8.23. The molecule has 150 valence electrons. The van der Waals surface area contributed by atoms with Crippen molar-refractivity contribution < 1.29 is 17.9 Å². The monoisotopic (exact) mass is 387 g/mol. The van der Waals surface area contributed by atoms with Crippen LogP contribution in [0.1, 0.15) is 40.0 Å². The summed E-state index contributed by atoms with van der Waals surface area (Å²) < 4.78 is 35.1. The van der Waals surface area contributed by atoms with Gasteiger partial charge in [-0.2, -0.15) is 0 Å². The van der Waals surface area contributed by atoms with Gasteiger partial charge in [-0.25, -0.2) is 8.42 Å². The first kappa shape index (κ1) is 19.9. The SMILES string of the molecule is CC(C)NC(=NCC1CCS(=O)(=O)C1)N1CCCC(C2(C)OCCO2)C1. The summed E-state index contributed by atoms with van der Waals surface area (Å²) in [5.41, 5.74) is 0. The van der Waals surface area contributed by atoms with E-state index < -0.39 is 15.6 Å². The highest BCUT2D eigenvalue weighted by Crippen LogP contribution is 2.34. The summed E-state index contributed by atoms with van der Waals surface area (Å²) in [6, 6.07) is 0.274. The van der Waals surface area contributed by atoms with E-state index in [1.807, 2.05) is 6.92 Å². The molecule has 0 bridgehead atoms. The number of hydrogen-bond acceptors (Lipinski definition) is 5. The Hall–Kier alpha value is -0.860. The molecular weight excluding hydrogens is 354 g/mol. The van der Waals surface area contributed by atoms with Gasteiger partial charge in [0, 0.05) is 31.6 Å².